The van der Waals surface area contributed by atoms with Gasteiger partial charge in [-0.3, -0.25) is 0 Å². The summed E-state index contributed by atoms with van der Waals surface area (Å²) >= 11 is -1.43. The van der Waals surface area contributed by atoms with E-state index in [1.54, 1.807) is 0 Å². The predicted octanol–water partition coefficient (Wildman–Crippen LogP) is 0.611. The zero-order valence-electron chi connectivity index (χ0n) is 9.15. The second-order valence-corrected chi connectivity index (χ2v) is 11.0. The molecule has 88 valence electrons. The van der Waals surface area contributed by atoms with Crippen LogP contribution in [0.2, 0.25) is 3.98 Å². The van der Waals surface area contributed by atoms with E-state index < -0.39 is 23.2 Å². The number of urea groups is 1. The van der Waals surface area contributed by atoms with Crippen LogP contribution in [-0.2, 0) is 25.9 Å². The summed E-state index contributed by atoms with van der Waals surface area (Å²) in [5.74, 6) is 0.984. The van der Waals surface area contributed by atoms with Crippen molar-refractivity contribution >= 4 is 17.8 Å². The molecule has 0 aromatic carbocycles. The molecule has 3 atom stereocenters. The van der Waals surface area contributed by atoms with Gasteiger partial charge in [0, 0.05) is 0 Å². The van der Waals surface area contributed by atoms with E-state index in [0.717, 1.165) is 25.0 Å². The van der Waals surface area contributed by atoms with Crippen molar-refractivity contribution in [2.24, 2.45) is 0 Å². The summed E-state index contributed by atoms with van der Waals surface area (Å²) in [5, 5.41) is 6.33. The van der Waals surface area contributed by atoms with Gasteiger partial charge in [0.05, 0.1) is 0 Å². The van der Waals surface area contributed by atoms with Gasteiger partial charge in [0.15, 0.2) is 0 Å². The van der Waals surface area contributed by atoms with Crippen molar-refractivity contribution < 1.29 is 33.7 Å². The Kier molecular flexibility index (Phi) is 4.59. The Labute approximate surface area is 108 Å². The first-order valence-corrected chi connectivity index (χ1v) is 13.2. The van der Waals surface area contributed by atoms with Gasteiger partial charge in [-0.05, 0) is 0 Å². The van der Waals surface area contributed by atoms with Crippen molar-refractivity contribution in [1.82, 2.24) is 10.6 Å². The molecule has 16 heavy (non-hydrogen) atoms. The molecule has 0 bridgehead atoms. The van der Waals surface area contributed by atoms with E-state index in [9.17, 15) is 7.48 Å². The molecule has 5 nitrogen and oxygen atoms in total. The molecular formula is C9H16CdN2O3S. The minimum absolute atomic E-state index is 0.0489. The van der Waals surface area contributed by atoms with Crippen molar-refractivity contribution in [3.8, 4) is 0 Å². The van der Waals surface area contributed by atoms with Gasteiger partial charge < -0.3 is 0 Å². The zero-order valence-corrected chi connectivity index (χ0v) is 14.0. The number of carbonyl (C=O) groups excluding carboxylic acids is 1. The molecule has 0 aliphatic carbocycles. The topological polar surface area (TPSA) is 78.4 Å². The van der Waals surface area contributed by atoms with E-state index in [0.29, 0.717) is 9.23 Å². The molecule has 2 rings (SSSR count). The summed E-state index contributed by atoms with van der Waals surface area (Å²) in [4.78, 5) is 11.1. The average molecular weight is 345 g/mol. The van der Waals surface area contributed by atoms with Crippen molar-refractivity contribution in [2.45, 2.75) is 40.6 Å². The van der Waals surface area contributed by atoms with Crippen LogP contribution in [0.1, 0.15) is 19.3 Å². The molecule has 0 aromatic heterocycles. The van der Waals surface area contributed by atoms with Crippen LogP contribution in [0.5, 0.6) is 0 Å². The summed E-state index contributed by atoms with van der Waals surface area (Å²) in [6.45, 7) is 0. The standard InChI is InChI=1S/C9H15N2OS.Cd.H2O.O/c1-2-3-4-7-8-6(5-13-7)10-9(12)11-8;;;/h6-8H,1-5H2,(H2,10,11,12);;1H2;/q;+1;;/p-1/t6-,7-,8-;;;/m0.../s1. The molecule has 2 saturated heterocycles. The third-order valence-corrected chi connectivity index (χ3v) is 7.89. The van der Waals surface area contributed by atoms with E-state index in [1.165, 1.54) is 0 Å². The molecular weight excluding hydrogens is 329 g/mol. The maximum absolute atomic E-state index is 11.1. The Morgan fingerprint density at radius 1 is 1.44 bits per heavy atom. The van der Waals surface area contributed by atoms with Crippen LogP contribution in [-0.4, -0.2) is 32.2 Å². The number of fused-ring (bicyclic) bond motifs is 1. The van der Waals surface area contributed by atoms with Crippen LogP contribution < -0.4 is 10.6 Å². The van der Waals surface area contributed by atoms with Gasteiger partial charge in [0.2, 0.25) is 0 Å². The number of thioether (sulfide) groups is 1. The summed E-state index contributed by atoms with van der Waals surface area (Å²) in [6.07, 6.45) is 2.90. The van der Waals surface area contributed by atoms with Gasteiger partial charge in [0.25, 0.3) is 0 Å². The number of carbonyl (C=O) groups is 1. The molecule has 7 heteroatoms. The molecule has 0 unspecified atom stereocenters. The summed E-state index contributed by atoms with van der Waals surface area (Å²) in [7, 11) is 0. The molecule has 2 heterocycles. The van der Waals surface area contributed by atoms with Gasteiger partial charge in [-0.15, -0.1) is 0 Å². The number of rotatable bonds is 5. The van der Waals surface area contributed by atoms with Crippen molar-refractivity contribution in [3.63, 3.8) is 0 Å². The van der Waals surface area contributed by atoms with Gasteiger partial charge in [-0.1, -0.05) is 0 Å². The summed E-state index contributed by atoms with van der Waals surface area (Å²) < 4.78 is 20.0. The predicted molar refractivity (Wildman–Crippen MR) is 57.1 cm³/mol. The van der Waals surface area contributed by atoms with E-state index in [1.807, 2.05) is 11.8 Å². The molecule has 3 N–H and O–H groups in total. The number of hydrogen-bond acceptors (Lipinski definition) is 3. The Bertz CT molecular complexity index is 302. The molecule has 2 fully saturated rings. The van der Waals surface area contributed by atoms with Gasteiger partial charge in [-0.2, -0.15) is 0 Å². The second kappa shape index (κ2) is 5.76. The number of amides is 2. The number of unbranched alkanes of at least 4 members (excludes halogenated alkanes) is 1. The van der Waals surface area contributed by atoms with Crippen molar-refractivity contribution in [3.05, 3.63) is 0 Å². The van der Waals surface area contributed by atoms with Crippen molar-refractivity contribution in [2.75, 3.05) is 5.75 Å². The molecule has 0 spiro atoms. The zero-order chi connectivity index (χ0) is 11.5. The average Bonchev–Trinajstić information content (AvgIpc) is 2.72. The van der Waals surface area contributed by atoms with E-state index in [-0.39, 0.29) is 18.1 Å². The first-order chi connectivity index (χ1) is 7.66. The fourth-order valence-electron chi connectivity index (χ4n) is 2.38. The quantitative estimate of drug-likeness (QED) is 0.388. The van der Waals surface area contributed by atoms with Crippen LogP contribution >= 0.6 is 11.8 Å². The van der Waals surface area contributed by atoms with Gasteiger partial charge in [-0.25, -0.2) is 0 Å². The Balaban J connectivity index is 1.70. The van der Waals surface area contributed by atoms with Crippen LogP contribution in [0.25, 0.3) is 0 Å². The maximum atomic E-state index is 11.1. The molecule has 2 amide bonds. The third-order valence-electron chi connectivity index (χ3n) is 3.23. The minimum atomic E-state index is -3.32. The van der Waals surface area contributed by atoms with Crippen LogP contribution in [0, 0.1) is 0 Å². The molecule has 0 saturated carbocycles. The van der Waals surface area contributed by atoms with E-state index in [2.05, 4.69) is 10.6 Å². The Hall–Kier alpha value is 0.302. The molecule has 0 radical (unpaired) electrons. The van der Waals surface area contributed by atoms with Crippen LogP contribution in [0.15, 0.2) is 0 Å². The summed E-state index contributed by atoms with van der Waals surface area (Å²) in [6, 6.07) is 0.499. The SMILES string of the molecule is O=C1N[C@H]2[C@H](CS[C@H]2CCC[CH2][Cd](=[O])[OH])N1. The molecule has 2 aliphatic rings. The monoisotopic (exact) mass is 346 g/mol. The fraction of sp³-hybridized carbons (Fsp3) is 0.889. The number of nitrogens with one attached hydrogen (secondary N) is 2. The molecule has 0 aromatic rings. The van der Waals surface area contributed by atoms with Crippen molar-refractivity contribution in [1.29, 1.82) is 0 Å². The van der Waals surface area contributed by atoms with E-state index >= 15 is 0 Å². The van der Waals surface area contributed by atoms with Gasteiger partial charge >= 0.3 is 108 Å². The van der Waals surface area contributed by atoms with E-state index in [4.69, 9.17) is 3.06 Å². The third kappa shape index (κ3) is 3.16. The normalized spacial score (nSPS) is 31.5. The van der Waals surface area contributed by atoms with Crippen LogP contribution in [0.4, 0.5) is 4.79 Å². The fourth-order valence-corrected chi connectivity index (χ4v) is 6.15. The first kappa shape index (κ1) is 12.8. The first-order valence-electron chi connectivity index (χ1n) is 5.89. The Morgan fingerprint density at radius 3 is 3.00 bits per heavy atom. The summed E-state index contributed by atoms with van der Waals surface area (Å²) in [5.41, 5.74) is 0. The molecule has 2 aliphatic heterocycles. The second-order valence-electron chi connectivity index (χ2n) is 4.53. The number of hydrogen-bond donors (Lipinski definition) is 3. The van der Waals surface area contributed by atoms with Crippen LogP contribution in [0.3, 0.4) is 0 Å². The Morgan fingerprint density at radius 2 is 2.25 bits per heavy atom. The van der Waals surface area contributed by atoms with Gasteiger partial charge in [0.1, 0.15) is 0 Å².